The van der Waals surface area contributed by atoms with E-state index in [1.54, 1.807) is 13.0 Å². The van der Waals surface area contributed by atoms with Gasteiger partial charge in [-0.3, -0.25) is 4.79 Å². The van der Waals surface area contributed by atoms with E-state index in [1.165, 1.54) is 0 Å². The van der Waals surface area contributed by atoms with Crippen LogP contribution in [0.4, 0.5) is 5.69 Å². The van der Waals surface area contributed by atoms with Crippen LogP contribution < -0.4 is 4.90 Å². The summed E-state index contributed by atoms with van der Waals surface area (Å²) in [5.74, 6) is 0.999. The van der Waals surface area contributed by atoms with E-state index in [0.29, 0.717) is 17.3 Å². The number of aldehydes is 1. The van der Waals surface area contributed by atoms with E-state index in [9.17, 15) is 4.79 Å². The van der Waals surface area contributed by atoms with E-state index in [0.717, 1.165) is 30.6 Å². The number of morpholine rings is 1. The fraction of sp³-hybridized carbons (Fsp3) is 0.438. The highest BCUT2D eigenvalue weighted by Crippen LogP contribution is 2.28. The van der Waals surface area contributed by atoms with Crippen LogP contribution in [0.25, 0.3) is 11.5 Å². The number of aryl methyl sites for hydroxylation is 1. The molecule has 1 fully saturated rings. The summed E-state index contributed by atoms with van der Waals surface area (Å²) in [5.41, 5.74) is 2.28. The normalized spacial score (nSPS) is 21.9. The van der Waals surface area contributed by atoms with Crippen LogP contribution in [0, 0.1) is 6.92 Å². The van der Waals surface area contributed by atoms with Crippen molar-refractivity contribution in [3.05, 3.63) is 29.6 Å². The Labute approximate surface area is 129 Å². The number of hydrogen-bond acceptors (Lipinski definition) is 6. The maximum Gasteiger partial charge on any atom is 0.257 e. The van der Waals surface area contributed by atoms with Gasteiger partial charge in [0.05, 0.1) is 12.2 Å². The zero-order chi connectivity index (χ0) is 15.7. The number of benzene rings is 1. The van der Waals surface area contributed by atoms with Gasteiger partial charge in [-0.2, -0.15) is 4.98 Å². The molecule has 0 radical (unpaired) electrons. The molecule has 1 aliphatic rings. The van der Waals surface area contributed by atoms with E-state index >= 15 is 0 Å². The second-order valence-corrected chi connectivity index (χ2v) is 5.70. The van der Waals surface area contributed by atoms with Crippen molar-refractivity contribution in [2.24, 2.45) is 0 Å². The molecule has 0 saturated carbocycles. The smallest absolute Gasteiger partial charge is 0.257 e. The van der Waals surface area contributed by atoms with Crippen LogP contribution in [-0.2, 0) is 4.74 Å². The summed E-state index contributed by atoms with van der Waals surface area (Å²) < 4.78 is 10.9. The Balaban J connectivity index is 1.94. The third-order valence-corrected chi connectivity index (χ3v) is 3.69. The van der Waals surface area contributed by atoms with Crippen LogP contribution in [0.3, 0.4) is 0 Å². The lowest BCUT2D eigenvalue weighted by molar-refractivity contribution is -0.00525. The maximum absolute atomic E-state index is 11.5. The minimum atomic E-state index is 0.140. The van der Waals surface area contributed by atoms with Crippen LogP contribution >= 0.6 is 0 Å². The Kier molecular flexibility index (Phi) is 3.94. The molecule has 0 amide bonds. The Morgan fingerprint density at radius 3 is 2.59 bits per heavy atom. The van der Waals surface area contributed by atoms with E-state index in [1.807, 2.05) is 26.0 Å². The molecule has 2 unspecified atom stereocenters. The average molecular weight is 301 g/mol. The van der Waals surface area contributed by atoms with E-state index in [2.05, 4.69) is 15.0 Å². The number of carbonyl (C=O) groups is 1. The van der Waals surface area contributed by atoms with Crippen molar-refractivity contribution in [2.45, 2.75) is 33.0 Å². The van der Waals surface area contributed by atoms with Crippen molar-refractivity contribution in [1.82, 2.24) is 10.1 Å². The summed E-state index contributed by atoms with van der Waals surface area (Å²) in [5, 5.41) is 3.78. The summed E-state index contributed by atoms with van der Waals surface area (Å²) >= 11 is 0. The number of rotatable bonds is 3. The van der Waals surface area contributed by atoms with Gasteiger partial charge in [0.1, 0.15) is 0 Å². The molecule has 1 aromatic carbocycles. The minimum absolute atomic E-state index is 0.140. The molecule has 6 nitrogen and oxygen atoms in total. The zero-order valence-electron chi connectivity index (χ0n) is 12.9. The predicted molar refractivity (Wildman–Crippen MR) is 82.1 cm³/mol. The third kappa shape index (κ3) is 2.87. The second-order valence-electron chi connectivity index (χ2n) is 5.70. The first-order valence-electron chi connectivity index (χ1n) is 7.37. The third-order valence-electron chi connectivity index (χ3n) is 3.69. The molecule has 22 heavy (non-hydrogen) atoms. The number of nitrogens with zero attached hydrogens (tertiary/aromatic N) is 3. The molecule has 3 rings (SSSR count). The van der Waals surface area contributed by atoms with Crippen molar-refractivity contribution in [3.63, 3.8) is 0 Å². The summed E-state index contributed by atoms with van der Waals surface area (Å²) in [4.78, 5) is 17.9. The molecule has 1 aliphatic heterocycles. The molecule has 0 bridgehead atoms. The molecule has 0 aliphatic carbocycles. The van der Waals surface area contributed by atoms with E-state index in [4.69, 9.17) is 9.26 Å². The first-order chi connectivity index (χ1) is 10.6. The van der Waals surface area contributed by atoms with Gasteiger partial charge < -0.3 is 14.2 Å². The highest BCUT2D eigenvalue weighted by atomic mass is 16.5. The first kappa shape index (κ1) is 14.7. The monoisotopic (exact) mass is 301 g/mol. The van der Waals surface area contributed by atoms with Gasteiger partial charge in [-0.25, -0.2) is 0 Å². The van der Waals surface area contributed by atoms with Gasteiger partial charge in [0.15, 0.2) is 12.1 Å². The average Bonchev–Trinajstić information content (AvgIpc) is 2.92. The molecular formula is C16H19N3O3. The number of anilines is 1. The molecule has 2 aromatic rings. The Hall–Kier alpha value is -2.21. The molecule has 0 N–H and O–H groups in total. The molecule has 2 heterocycles. The van der Waals surface area contributed by atoms with Gasteiger partial charge in [0.2, 0.25) is 0 Å². The van der Waals surface area contributed by atoms with Gasteiger partial charge in [0.25, 0.3) is 5.89 Å². The van der Waals surface area contributed by atoms with Crippen molar-refractivity contribution in [2.75, 3.05) is 18.0 Å². The quantitative estimate of drug-likeness (QED) is 0.811. The van der Waals surface area contributed by atoms with Gasteiger partial charge in [0, 0.05) is 29.9 Å². The van der Waals surface area contributed by atoms with Gasteiger partial charge >= 0.3 is 0 Å². The lowest BCUT2D eigenvalue weighted by Crippen LogP contribution is -2.45. The standard InChI is InChI=1S/C16H19N3O3/c1-10-7-19(8-11(2)21-10)15-5-4-13(6-14(15)9-20)16-17-12(3)18-22-16/h4-6,9-11H,7-8H2,1-3H3. The van der Waals surface area contributed by atoms with Crippen LogP contribution in [-0.4, -0.2) is 41.7 Å². The lowest BCUT2D eigenvalue weighted by atomic mass is 10.1. The summed E-state index contributed by atoms with van der Waals surface area (Å²) in [6.07, 6.45) is 1.15. The van der Waals surface area contributed by atoms with Gasteiger partial charge in [-0.15, -0.1) is 0 Å². The van der Waals surface area contributed by atoms with Crippen LogP contribution in [0.15, 0.2) is 22.7 Å². The largest absolute Gasteiger partial charge is 0.372 e. The highest BCUT2D eigenvalue weighted by molar-refractivity contribution is 5.87. The van der Waals surface area contributed by atoms with Crippen LogP contribution in [0.1, 0.15) is 30.0 Å². The fourth-order valence-corrected chi connectivity index (χ4v) is 2.86. The van der Waals surface area contributed by atoms with Gasteiger partial charge in [-0.05, 0) is 39.0 Å². The predicted octanol–water partition coefficient (Wildman–Crippen LogP) is 2.47. The van der Waals surface area contributed by atoms with E-state index in [-0.39, 0.29) is 12.2 Å². The Morgan fingerprint density at radius 1 is 1.27 bits per heavy atom. The summed E-state index contributed by atoms with van der Waals surface area (Å²) in [6.45, 7) is 7.38. The number of ether oxygens (including phenoxy) is 1. The first-order valence-corrected chi connectivity index (χ1v) is 7.37. The Morgan fingerprint density at radius 2 is 2.00 bits per heavy atom. The molecule has 0 spiro atoms. The summed E-state index contributed by atoms with van der Waals surface area (Å²) in [7, 11) is 0. The summed E-state index contributed by atoms with van der Waals surface area (Å²) in [6, 6.07) is 5.63. The van der Waals surface area contributed by atoms with Gasteiger partial charge in [-0.1, -0.05) is 5.16 Å². The van der Waals surface area contributed by atoms with Crippen LogP contribution in [0.5, 0.6) is 0 Å². The second kappa shape index (κ2) is 5.88. The van der Waals surface area contributed by atoms with Crippen molar-refractivity contribution < 1.29 is 14.1 Å². The fourth-order valence-electron chi connectivity index (χ4n) is 2.86. The molecule has 1 aromatic heterocycles. The maximum atomic E-state index is 11.5. The topological polar surface area (TPSA) is 68.5 Å². The number of hydrogen-bond donors (Lipinski definition) is 0. The van der Waals surface area contributed by atoms with E-state index < -0.39 is 0 Å². The minimum Gasteiger partial charge on any atom is -0.372 e. The lowest BCUT2D eigenvalue weighted by Gasteiger charge is -2.37. The Bertz CT molecular complexity index is 673. The van der Waals surface area contributed by atoms with Crippen molar-refractivity contribution in [3.8, 4) is 11.5 Å². The molecule has 1 saturated heterocycles. The molecule has 116 valence electrons. The van der Waals surface area contributed by atoms with Crippen LogP contribution in [0.2, 0.25) is 0 Å². The highest BCUT2D eigenvalue weighted by Gasteiger charge is 2.24. The zero-order valence-corrected chi connectivity index (χ0v) is 12.9. The number of carbonyl (C=O) groups excluding carboxylic acids is 1. The molecular weight excluding hydrogens is 282 g/mol. The molecule has 6 heteroatoms. The molecule has 2 atom stereocenters. The van der Waals surface area contributed by atoms with Crippen molar-refractivity contribution >= 4 is 12.0 Å². The number of aromatic nitrogens is 2. The SMILES string of the molecule is Cc1noc(-c2ccc(N3CC(C)OC(C)C3)c(C=O)c2)n1. The van der Waals surface area contributed by atoms with Crippen molar-refractivity contribution in [1.29, 1.82) is 0 Å².